The molecule has 0 aliphatic heterocycles. The van der Waals surface area contributed by atoms with Crippen LogP contribution in [0.1, 0.15) is 12.0 Å². The second kappa shape index (κ2) is 6.13. The lowest BCUT2D eigenvalue weighted by Crippen LogP contribution is -2.20. The summed E-state index contributed by atoms with van der Waals surface area (Å²) in [6.45, 7) is 2.74. The lowest BCUT2D eigenvalue weighted by Gasteiger charge is -2.17. The first kappa shape index (κ1) is 13.4. The molecule has 1 rings (SSSR count). The second-order valence-electron chi connectivity index (χ2n) is 4.25. The van der Waals surface area contributed by atoms with E-state index in [1.165, 1.54) is 11.3 Å². The summed E-state index contributed by atoms with van der Waals surface area (Å²) in [5.74, 6) is 0.0532. The fraction of sp³-hybridized carbons (Fsp3) is 0.462. The molecule has 0 aromatic heterocycles. The molecule has 0 aliphatic rings. The summed E-state index contributed by atoms with van der Waals surface area (Å²) in [6, 6.07) is 6.21. The lowest BCUT2D eigenvalue weighted by molar-refractivity contribution is -0.120. The monoisotopic (exact) mass is 235 g/mol. The number of aryl methyl sites for hydroxylation is 1. The lowest BCUT2D eigenvalue weighted by atomic mass is 10.1. The minimum Gasteiger partial charge on any atom is -0.384 e. The fourth-order valence-electron chi connectivity index (χ4n) is 1.65. The van der Waals surface area contributed by atoms with Crippen molar-refractivity contribution in [3.63, 3.8) is 0 Å². The zero-order chi connectivity index (χ0) is 12.8. The van der Waals surface area contributed by atoms with Crippen LogP contribution in [0.5, 0.6) is 0 Å². The average molecular weight is 235 g/mol. The number of anilines is 2. The molecule has 0 atom stereocenters. The van der Waals surface area contributed by atoms with Crippen LogP contribution in [-0.4, -0.2) is 33.6 Å². The van der Waals surface area contributed by atoms with Crippen LogP contribution in [0.3, 0.4) is 0 Å². The van der Waals surface area contributed by atoms with Gasteiger partial charge in [0, 0.05) is 45.5 Å². The van der Waals surface area contributed by atoms with E-state index in [0.29, 0.717) is 13.0 Å². The number of amides is 1. The highest BCUT2D eigenvalue weighted by molar-refractivity contribution is 5.76. The molecule has 0 saturated carbocycles. The average Bonchev–Trinajstić information content (AvgIpc) is 2.30. The number of hydrogen-bond donors (Lipinski definition) is 2. The Hall–Kier alpha value is -1.71. The van der Waals surface area contributed by atoms with E-state index >= 15 is 0 Å². The van der Waals surface area contributed by atoms with Gasteiger partial charge in [0.15, 0.2) is 0 Å². The molecule has 4 nitrogen and oxygen atoms in total. The predicted octanol–water partition coefficient (Wildman–Crippen LogP) is 1.61. The van der Waals surface area contributed by atoms with Crippen molar-refractivity contribution in [2.24, 2.45) is 0 Å². The van der Waals surface area contributed by atoms with Crippen LogP contribution in [0.15, 0.2) is 18.2 Å². The quantitative estimate of drug-likeness (QED) is 0.815. The Kier molecular flexibility index (Phi) is 4.82. The summed E-state index contributed by atoms with van der Waals surface area (Å²) in [7, 11) is 5.70. The van der Waals surface area contributed by atoms with E-state index < -0.39 is 0 Å². The van der Waals surface area contributed by atoms with Crippen LogP contribution in [0.25, 0.3) is 0 Å². The highest BCUT2D eigenvalue weighted by Gasteiger charge is 2.02. The van der Waals surface area contributed by atoms with E-state index in [1.54, 1.807) is 7.05 Å². The minimum atomic E-state index is 0.0532. The van der Waals surface area contributed by atoms with E-state index in [2.05, 4.69) is 34.6 Å². The molecule has 0 saturated heterocycles. The van der Waals surface area contributed by atoms with Crippen molar-refractivity contribution in [3.05, 3.63) is 23.8 Å². The van der Waals surface area contributed by atoms with E-state index in [0.717, 1.165) is 5.69 Å². The van der Waals surface area contributed by atoms with Crippen molar-refractivity contribution in [3.8, 4) is 0 Å². The summed E-state index contributed by atoms with van der Waals surface area (Å²) >= 11 is 0. The number of carbonyl (C=O) groups is 1. The molecule has 0 heterocycles. The molecule has 4 heteroatoms. The number of benzene rings is 1. The third kappa shape index (κ3) is 3.98. The third-order valence-corrected chi connectivity index (χ3v) is 2.65. The summed E-state index contributed by atoms with van der Waals surface area (Å²) < 4.78 is 0. The van der Waals surface area contributed by atoms with Gasteiger partial charge in [-0.15, -0.1) is 0 Å². The molecule has 2 N–H and O–H groups in total. The molecule has 0 aliphatic carbocycles. The van der Waals surface area contributed by atoms with Gasteiger partial charge in [-0.05, 0) is 24.6 Å². The van der Waals surface area contributed by atoms with Crippen LogP contribution < -0.4 is 15.5 Å². The molecule has 1 aromatic carbocycles. The number of rotatable bonds is 5. The van der Waals surface area contributed by atoms with E-state index in [4.69, 9.17) is 0 Å². The van der Waals surface area contributed by atoms with Crippen LogP contribution in [-0.2, 0) is 4.79 Å². The molecule has 0 radical (unpaired) electrons. The van der Waals surface area contributed by atoms with Gasteiger partial charge >= 0.3 is 0 Å². The maximum Gasteiger partial charge on any atom is 0.221 e. The van der Waals surface area contributed by atoms with Gasteiger partial charge in [-0.25, -0.2) is 0 Å². The Bertz CT molecular complexity index is 388. The van der Waals surface area contributed by atoms with Gasteiger partial charge in [-0.3, -0.25) is 4.79 Å². The maximum atomic E-state index is 11.1. The Labute approximate surface area is 103 Å². The minimum absolute atomic E-state index is 0.0532. The first-order valence-electron chi connectivity index (χ1n) is 5.77. The fourth-order valence-corrected chi connectivity index (χ4v) is 1.65. The van der Waals surface area contributed by atoms with Crippen molar-refractivity contribution >= 4 is 17.3 Å². The molecule has 94 valence electrons. The van der Waals surface area contributed by atoms with Gasteiger partial charge in [-0.2, -0.15) is 0 Å². The predicted molar refractivity (Wildman–Crippen MR) is 72.7 cm³/mol. The molecular weight excluding hydrogens is 214 g/mol. The van der Waals surface area contributed by atoms with Crippen molar-refractivity contribution in [1.29, 1.82) is 0 Å². The van der Waals surface area contributed by atoms with Crippen LogP contribution in [0.4, 0.5) is 11.4 Å². The normalized spacial score (nSPS) is 9.88. The van der Waals surface area contributed by atoms with Crippen molar-refractivity contribution in [1.82, 2.24) is 5.32 Å². The van der Waals surface area contributed by atoms with Gasteiger partial charge in [0.25, 0.3) is 0 Å². The first-order valence-corrected chi connectivity index (χ1v) is 5.77. The van der Waals surface area contributed by atoms with Gasteiger partial charge in [-0.1, -0.05) is 6.07 Å². The SMILES string of the molecule is CNC(=O)CCNc1ccc(C)c(N(C)C)c1. The summed E-state index contributed by atoms with van der Waals surface area (Å²) in [6.07, 6.45) is 0.488. The molecule has 1 amide bonds. The second-order valence-corrected chi connectivity index (χ2v) is 4.25. The zero-order valence-electron chi connectivity index (χ0n) is 11.0. The topological polar surface area (TPSA) is 44.4 Å². The van der Waals surface area contributed by atoms with Crippen LogP contribution in [0.2, 0.25) is 0 Å². The smallest absolute Gasteiger partial charge is 0.221 e. The Morgan fingerprint density at radius 2 is 2.06 bits per heavy atom. The van der Waals surface area contributed by atoms with Gasteiger partial charge in [0.05, 0.1) is 0 Å². The molecule has 0 spiro atoms. The molecule has 17 heavy (non-hydrogen) atoms. The standard InChI is InChI=1S/C13H21N3O/c1-10-5-6-11(9-12(10)16(3)4)15-8-7-13(17)14-2/h5-6,9,15H,7-8H2,1-4H3,(H,14,17). The number of nitrogens with zero attached hydrogens (tertiary/aromatic N) is 1. The summed E-state index contributed by atoms with van der Waals surface area (Å²) in [5.41, 5.74) is 3.48. The molecule has 0 fully saturated rings. The highest BCUT2D eigenvalue weighted by Crippen LogP contribution is 2.22. The first-order chi connectivity index (χ1) is 8.04. The van der Waals surface area contributed by atoms with Crippen molar-refractivity contribution in [2.45, 2.75) is 13.3 Å². The number of nitrogens with one attached hydrogen (secondary N) is 2. The van der Waals surface area contributed by atoms with Gasteiger partial charge in [0.2, 0.25) is 5.91 Å². The zero-order valence-corrected chi connectivity index (χ0v) is 11.0. The Balaban J connectivity index is 2.60. The summed E-state index contributed by atoms with van der Waals surface area (Å²) in [5, 5.41) is 5.85. The highest BCUT2D eigenvalue weighted by atomic mass is 16.1. The van der Waals surface area contributed by atoms with E-state index in [-0.39, 0.29) is 5.91 Å². The van der Waals surface area contributed by atoms with Crippen LogP contribution in [0, 0.1) is 6.92 Å². The van der Waals surface area contributed by atoms with Gasteiger partial charge < -0.3 is 15.5 Å². The molecule has 0 unspecified atom stereocenters. The molecular formula is C13H21N3O. The Morgan fingerprint density at radius 3 is 2.65 bits per heavy atom. The largest absolute Gasteiger partial charge is 0.384 e. The number of hydrogen-bond acceptors (Lipinski definition) is 3. The van der Waals surface area contributed by atoms with Gasteiger partial charge in [0.1, 0.15) is 0 Å². The molecule has 0 bridgehead atoms. The maximum absolute atomic E-state index is 11.1. The summed E-state index contributed by atoms with van der Waals surface area (Å²) in [4.78, 5) is 13.2. The van der Waals surface area contributed by atoms with E-state index in [1.807, 2.05) is 20.2 Å². The van der Waals surface area contributed by atoms with E-state index in [9.17, 15) is 4.79 Å². The number of carbonyl (C=O) groups excluding carboxylic acids is 1. The third-order valence-electron chi connectivity index (χ3n) is 2.65. The van der Waals surface area contributed by atoms with Crippen molar-refractivity contribution < 1.29 is 4.79 Å². The van der Waals surface area contributed by atoms with Crippen molar-refractivity contribution in [2.75, 3.05) is 37.9 Å². The van der Waals surface area contributed by atoms with Crippen LogP contribution >= 0.6 is 0 Å². The Morgan fingerprint density at radius 1 is 1.35 bits per heavy atom. The molecule has 1 aromatic rings.